The molecule has 1 aliphatic carbocycles. The van der Waals surface area contributed by atoms with Crippen LogP contribution in [0.3, 0.4) is 0 Å². The van der Waals surface area contributed by atoms with Crippen LogP contribution in [0.25, 0.3) is 0 Å². The number of ether oxygens (including phenoxy) is 3. The van der Waals surface area contributed by atoms with E-state index in [4.69, 9.17) is 29.2 Å². The number of benzene rings is 2. The van der Waals surface area contributed by atoms with Crippen molar-refractivity contribution in [2.24, 2.45) is 32.7 Å². The summed E-state index contributed by atoms with van der Waals surface area (Å²) in [5.74, 6) is -2.21. The summed E-state index contributed by atoms with van der Waals surface area (Å²) in [6.45, 7) is 14.1. The van der Waals surface area contributed by atoms with Gasteiger partial charge in [-0.3, -0.25) is 19.7 Å². The summed E-state index contributed by atoms with van der Waals surface area (Å²) < 4.78 is 15.6. The van der Waals surface area contributed by atoms with Crippen LogP contribution in [-0.2, 0) is 32.1 Å². The van der Waals surface area contributed by atoms with Crippen molar-refractivity contribution in [3.63, 3.8) is 0 Å². The fourth-order valence-corrected chi connectivity index (χ4v) is 9.06. The quantitative estimate of drug-likeness (QED) is 0.0899. The third-order valence-electron chi connectivity index (χ3n) is 12.6. The number of nitro groups is 1. The minimum atomic E-state index is -1.13. The lowest BCUT2D eigenvalue weighted by molar-refractivity contribution is -0.384. The summed E-state index contributed by atoms with van der Waals surface area (Å²) in [5.41, 5.74) is 12.8. The topological polar surface area (TPSA) is 191 Å². The van der Waals surface area contributed by atoms with E-state index in [0.717, 1.165) is 62.8 Å². The zero-order chi connectivity index (χ0) is 45.6. The first kappa shape index (κ1) is 43.2. The van der Waals surface area contributed by atoms with Crippen LogP contribution in [0, 0.1) is 27.9 Å². The Morgan fingerprint density at radius 1 is 0.922 bits per heavy atom. The van der Waals surface area contributed by atoms with Gasteiger partial charge in [0.05, 0.1) is 46.3 Å². The Kier molecular flexibility index (Phi) is 11.7. The Hall–Kier alpha value is -7.48. The van der Waals surface area contributed by atoms with Gasteiger partial charge < -0.3 is 24.6 Å². The normalized spacial score (nSPS) is 21.0. The number of esters is 1. The Morgan fingerprint density at radius 3 is 2.28 bits per heavy atom. The molecule has 1 unspecified atom stereocenters. The van der Waals surface area contributed by atoms with E-state index in [1.807, 2.05) is 38.2 Å². The van der Waals surface area contributed by atoms with E-state index in [9.17, 15) is 29.6 Å². The summed E-state index contributed by atoms with van der Waals surface area (Å²) in [5, 5.41) is 26.4. The number of ketones is 1. The van der Waals surface area contributed by atoms with Gasteiger partial charge in [0.25, 0.3) is 5.69 Å². The highest BCUT2D eigenvalue weighted by molar-refractivity contribution is 6.24. The second kappa shape index (κ2) is 17.4. The molecule has 0 spiro atoms. The molecule has 1 fully saturated rings. The van der Waals surface area contributed by atoms with Gasteiger partial charge >= 0.3 is 12.1 Å². The number of hydrogen-bond donors (Lipinski definition) is 2. The van der Waals surface area contributed by atoms with Gasteiger partial charge in [0, 0.05) is 64.9 Å². The lowest BCUT2D eigenvalue weighted by Gasteiger charge is -2.20. The molecule has 5 heterocycles. The molecule has 0 saturated carbocycles. The molecule has 2 aromatic carbocycles. The van der Waals surface area contributed by atoms with E-state index in [0.29, 0.717) is 45.8 Å². The molecule has 2 N–H and O–H groups in total. The minimum absolute atomic E-state index is 0.000931. The number of hydrogen-bond acceptors (Lipinski definition) is 13. The van der Waals surface area contributed by atoms with Gasteiger partial charge in [0.2, 0.25) is 0 Å². The van der Waals surface area contributed by atoms with Crippen molar-refractivity contribution in [1.29, 1.82) is 0 Å². The van der Waals surface area contributed by atoms with Crippen LogP contribution in [-0.4, -0.2) is 52.2 Å². The fourth-order valence-electron chi connectivity index (χ4n) is 9.06. The number of methoxy groups -OCH3 is 1. The van der Waals surface area contributed by atoms with E-state index in [1.165, 1.54) is 31.4 Å². The molecule has 3 atom stereocenters. The number of fused-ring (bicyclic) bond motifs is 5. The predicted molar refractivity (Wildman–Crippen MR) is 241 cm³/mol. The standard InChI is InChI=1S/C50H47N5O9/c1-8-34-25(3)37-21-39-27(5)36(19-16-32(56)20-29-10-12-30(13-11-29)24-63-50(59)64-33-17-14-31(15-18-33)55(60)61)46(53-39)44-45(49(58)62-7)48(57)43-28(6)40(54-47(43)44)23-42-35(9-2)26(4)38(52-42)22-41(34)51-37/h8,10-15,17-18,21-23,27,36,45,53,57H,1,9,16,19-20,24H2,2-7H3/t27-,36-,45?/m0/s1. The number of rotatable bonds is 12. The number of aliphatic hydroxyl groups is 1. The van der Waals surface area contributed by atoms with Crippen molar-refractivity contribution in [1.82, 2.24) is 5.32 Å². The molecule has 14 nitrogen and oxygen atoms in total. The third kappa shape index (κ3) is 7.91. The molecule has 0 amide bonds. The van der Waals surface area contributed by atoms with E-state index < -0.39 is 23.0 Å². The number of nitrogens with zero attached hydrogens (tertiary/aromatic N) is 4. The third-order valence-corrected chi connectivity index (χ3v) is 12.6. The molecule has 1 saturated heterocycles. The maximum Gasteiger partial charge on any atom is 0.514 e. The maximum atomic E-state index is 13.7. The largest absolute Gasteiger partial charge is 0.514 e. The second-order valence-electron chi connectivity index (χ2n) is 16.3. The van der Waals surface area contributed by atoms with Gasteiger partial charge in [-0.1, -0.05) is 50.8 Å². The molecule has 5 aliphatic heterocycles. The molecule has 2 aromatic rings. The van der Waals surface area contributed by atoms with Gasteiger partial charge in [-0.15, -0.1) is 0 Å². The predicted octanol–water partition coefficient (Wildman–Crippen LogP) is 9.46. The van der Waals surface area contributed by atoms with Gasteiger partial charge in [0.15, 0.2) is 0 Å². The molecule has 8 bridgehead atoms. The second-order valence-corrected chi connectivity index (χ2v) is 16.3. The number of nitrogens with one attached hydrogen (secondary N) is 1. The number of Topliss-reactive ketones (excluding diaryl/α,β-unsaturated/α-hetero) is 1. The van der Waals surface area contributed by atoms with Crippen molar-refractivity contribution in [3.05, 3.63) is 174 Å². The zero-order valence-corrected chi connectivity index (χ0v) is 36.4. The molecule has 0 radical (unpaired) electrons. The number of carbonyl (C=O) groups excluding carboxylic acids is 3. The summed E-state index contributed by atoms with van der Waals surface area (Å²) in [6.07, 6.45) is 8.36. The molecule has 64 heavy (non-hydrogen) atoms. The Bertz CT molecular complexity index is 2800. The summed E-state index contributed by atoms with van der Waals surface area (Å²) in [6, 6.07) is 12.2. The van der Waals surface area contributed by atoms with Crippen molar-refractivity contribution in [2.45, 2.75) is 66.9 Å². The van der Waals surface area contributed by atoms with Crippen molar-refractivity contribution >= 4 is 40.7 Å². The van der Waals surface area contributed by atoms with E-state index in [1.54, 1.807) is 24.3 Å². The Balaban J connectivity index is 1.07. The van der Waals surface area contributed by atoms with Gasteiger partial charge in [-0.25, -0.2) is 19.8 Å². The van der Waals surface area contributed by atoms with Crippen molar-refractivity contribution in [2.75, 3.05) is 7.11 Å². The van der Waals surface area contributed by atoms with Crippen LogP contribution >= 0.6 is 0 Å². The highest BCUT2D eigenvalue weighted by Crippen LogP contribution is 2.49. The van der Waals surface area contributed by atoms with Crippen LogP contribution in [0.1, 0.15) is 65.0 Å². The minimum Gasteiger partial charge on any atom is -0.510 e. The highest BCUT2D eigenvalue weighted by atomic mass is 16.7. The highest BCUT2D eigenvalue weighted by Gasteiger charge is 2.49. The molecule has 8 rings (SSSR count). The van der Waals surface area contributed by atoms with Crippen LogP contribution in [0.15, 0.2) is 168 Å². The Labute approximate surface area is 370 Å². The summed E-state index contributed by atoms with van der Waals surface area (Å²) >= 11 is 0. The van der Waals surface area contributed by atoms with Crippen LogP contribution in [0.2, 0.25) is 0 Å². The monoisotopic (exact) mass is 861 g/mol. The van der Waals surface area contributed by atoms with Crippen molar-refractivity contribution < 1.29 is 38.6 Å². The van der Waals surface area contributed by atoms with Crippen LogP contribution < -0.4 is 10.1 Å². The average molecular weight is 862 g/mol. The van der Waals surface area contributed by atoms with Gasteiger partial charge in [0.1, 0.15) is 29.8 Å². The molecule has 6 aliphatic rings. The summed E-state index contributed by atoms with van der Waals surface area (Å²) in [7, 11) is 1.30. The van der Waals surface area contributed by atoms with Crippen LogP contribution in [0.4, 0.5) is 10.5 Å². The van der Waals surface area contributed by atoms with Gasteiger partial charge in [-0.2, -0.15) is 0 Å². The SMILES string of the molecule is C=CC1=C(C)C2=NC1=CC1=NC(=CC3=C(C)C4=C(O)C(C(=O)OC)C(=C5NC(=C2)[C@@H](C)[C@@H]5CCC(=O)Cc2ccc(COC(=O)Oc5ccc([N+](=O)[O-])cc5)cc2)C4=N3)C(CC)=C1C. The number of aliphatic hydroxyl groups excluding tert-OH is 1. The van der Waals surface area contributed by atoms with Gasteiger partial charge in [-0.05, 0) is 97.4 Å². The molecular formula is C50H47N5O9. The Morgan fingerprint density at radius 2 is 1.61 bits per heavy atom. The molecular weight excluding hydrogens is 815 g/mol. The first-order chi connectivity index (χ1) is 30.7. The lowest BCUT2D eigenvalue weighted by atomic mass is 9.83. The van der Waals surface area contributed by atoms with E-state index in [-0.39, 0.29) is 54.3 Å². The zero-order valence-electron chi connectivity index (χ0n) is 36.4. The van der Waals surface area contributed by atoms with E-state index >= 15 is 0 Å². The first-order valence-electron chi connectivity index (χ1n) is 21.1. The molecule has 0 aromatic heterocycles. The van der Waals surface area contributed by atoms with Crippen LogP contribution in [0.5, 0.6) is 5.75 Å². The number of allylic oxidation sites excluding steroid dienone is 11. The molecule has 326 valence electrons. The maximum absolute atomic E-state index is 13.7. The summed E-state index contributed by atoms with van der Waals surface area (Å²) in [4.78, 5) is 65.2. The molecule has 14 heteroatoms. The smallest absolute Gasteiger partial charge is 0.510 e. The number of aliphatic imine (C=N–C) groups is 3. The average Bonchev–Trinajstić information content (AvgIpc) is 4.02. The number of non-ortho nitro benzene ring substituents is 1. The van der Waals surface area contributed by atoms with Crippen molar-refractivity contribution in [3.8, 4) is 5.75 Å². The first-order valence-corrected chi connectivity index (χ1v) is 21.1. The number of carbonyl (C=O) groups is 3. The van der Waals surface area contributed by atoms with E-state index in [2.05, 4.69) is 32.7 Å². The number of nitro benzene ring substituents is 1. The lowest BCUT2D eigenvalue weighted by Crippen LogP contribution is -2.25. The fraction of sp³-hybridized carbons (Fsp3) is 0.280.